The molecule has 2 N–H and O–H groups in total. The van der Waals surface area contributed by atoms with Crippen molar-refractivity contribution in [2.24, 2.45) is 0 Å². The fourth-order valence-corrected chi connectivity index (χ4v) is 4.50. The first-order valence-electron chi connectivity index (χ1n) is 9.97. The number of carbonyl (C=O) groups is 1. The highest BCUT2D eigenvalue weighted by molar-refractivity contribution is 7.99. The fraction of sp³-hybridized carbons (Fsp3) is 0.167. The average molecular weight is 469 g/mol. The number of fused-ring (bicyclic) bond motifs is 1. The highest BCUT2D eigenvalue weighted by atomic mass is 35.5. The molecule has 0 atom stereocenters. The summed E-state index contributed by atoms with van der Waals surface area (Å²) in [6, 6.07) is 21.6. The number of H-pyrrole nitrogens is 1. The number of nitrogens with one attached hydrogen (secondary N) is 2. The van der Waals surface area contributed by atoms with E-state index >= 15 is 0 Å². The van der Waals surface area contributed by atoms with Crippen molar-refractivity contribution in [3.8, 4) is 11.5 Å². The smallest absolute Gasteiger partial charge is 0.317 e. The molecular formula is C24H23ClN3O3S+. The number of halogens is 1. The van der Waals surface area contributed by atoms with Gasteiger partial charge in [-0.3, -0.25) is 4.79 Å². The highest BCUT2D eigenvalue weighted by Crippen LogP contribution is 2.36. The summed E-state index contributed by atoms with van der Waals surface area (Å²) < 4.78 is 12.8. The van der Waals surface area contributed by atoms with Crippen LogP contribution >= 0.6 is 23.4 Å². The number of ether oxygens (including phenoxy) is 2. The Hall–Kier alpha value is -3.16. The van der Waals surface area contributed by atoms with Crippen molar-refractivity contribution in [2.75, 3.05) is 25.3 Å². The molecule has 1 aromatic heterocycles. The van der Waals surface area contributed by atoms with Crippen LogP contribution in [0.1, 0.15) is 5.56 Å². The summed E-state index contributed by atoms with van der Waals surface area (Å²) in [5, 5.41) is 4.18. The van der Waals surface area contributed by atoms with Gasteiger partial charge in [-0.1, -0.05) is 54.1 Å². The van der Waals surface area contributed by atoms with Crippen LogP contribution in [0.5, 0.6) is 11.5 Å². The molecule has 1 amide bonds. The van der Waals surface area contributed by atoms with Gasteiger partial charge in [0.25, 0.3) is 0 Å². The molecule has 0 fully saturated rings. The van der Waals surface area contributed by atoms with Crippen LogP contribution in [0.2, 0.25) is 5.02 Å². The lowest BCUT2D eigenvalue weighted by atomic mass is 10.2. The number of carbonyl (C=O) groups excluding carboxylic acids is 1. The normalized spacial score (nSPS) is 10.8. The van der Waals surface area contributed by atoms with Gasteiger partial charge in [-0.05, 0) is 35.5 Å². The van der Waals surface area contributed by atoms with E-state index in [0.717, 1.165) is 16.2 Å². The molecule has 32 heavy (non-hydrogen) atoms. The number of para-hydroxylation sites is 2. The Kier molecular flexibility index (Phi) is 6.87. The fourth-order valence-electron chi connectivity index (χ4n) is 3.42. The molecule has 164 valence electrons. The number of nitrogens with zero attached hydrogens (tertiary/aromatic N) is 1. The molecule has 0 radical (unpaired) electrons. The van der Waals surface area contributed by atoms with E-state index in [0.29, 0.717) is 28.8 Å². The van der Waals surface area contributed by atoms with Crippen LogP contribution in [0.15, 0.2) is 71.9 Å². The molecule has 0 saturated carbocycles. The lowest BCUT2D eigenvalue weighted by molar-refractivity contribution is -0.700. The van der Waals surface area contributed by atoms with Gasteiger partial charge in [0.1, 0.15) is 18.0 Å². The van der Waals surface area contributed by atoms with E-state index in [4.69, 9.17) is 21.1 Å². The summed E-state index contributed by atoms with van der Waals surface area (Å²) in [5.41, 5.74) is 3.79. The van der Waals surface area contributed by atoms with Crippen LogP contribution in [0.4, 0.5) is 5.69 Å². The predicted molar refractivity (Wildman–Crippen MR) is 128 cm³/mol. The van der Waals surface area contributed by atoms with Crippen molar-refractivity contribution < 1.29 is 18.8 Å². The van der Waals surface area contributed by atoms with Gasteiger partial charge >= 0.3 is 5.16 Å². The van der Waals surface area contributed by atoms with Crippen molar-refractivity contribution in [2.45, 2.75) is 11.7 Å². The quantitative estimate of drug-likeness (QED) is 0.285. The third-order valence-electron chi connectivity index (χ3n) is 4.95. The van der Waals surface area contributed by atoms with Crippen LogP contribution < -0.4 is 19.4 Å². The molecular weight excluding hydrogens is 446 g/mol. The number of hydrogen-bond donors (Lipinski definition) is 2. The SMILES string of the molecule is COc1cc(OC)c(NC(=O)CSc2[nH]c3ccccc3[n+]2Cc2ccccc2)cc1Cl. The predicted octanol–water partition coefficient (Wildman–Crippen LogP) is 4.91. The summed E-state index contributed by atoms with van der Waals surface area (Å²) in [6.07, 6.45) is 0. The molecule has 4 rings (SSSR count). The Balaban J connectivity index is 1.53. The monoisotopic (exact) mass is 468 g/mol. The maximum absolute atomic E-state index is 12.7. The number of anilines is 1. The topological polar surface area (TPSA) is 67.2 Å². The largest absolute Gasteiger partial charge is 0.495 e. The van der Waals surface area contributed by atoms with Crippen molar-refractivity contribution in [1.29, 1.82) is 0 Å². The van der Waals surface area contributed by atoms with Gasteiger partial charge in [0, 0.05) is 6.07 Å². The van der Waals surface area contributed by atoms with E-state index in [1.807, 2.05) is 36.4 Å². The van der Waals surface area contributed by atoms with Crippen LogP contribution in [0, 0.1) is 0 Å². The summed E-state index contributed by atoms with van der Waals surface area (Å²) >= 11 is 7.65. The number of rotatable bonds is 8. The van der Waals surface area contributed by atoms with Gasteiger partial charge in [-0.2, -0.15) is 0 Å². The number of methoxy groups -OCH3 is 2. The van der Waals surface area contributed by atoms with E-state index < -0.39 is 0 Å². The van der Waals surface area contributed by atoms with Crippen LogP contribution in [-0.2, 0) is 11.3 Å². The van der Waals surface area contributed by atoms with E-state index in [1.165, 1.54) is 31.5 Å². The first kappa shape index (κ1) is 22.0. The van der Waals surface area contributed by atoms with Crippen molar-refractivity contribution in [3.05, 3.63) is 77.3 Å². The van der Waals surface area contributed by atoms with Crippen LogP contribution in [0.3, 0.4) is 0 Å². The van der Waals surface area contributed by atoms with E-state index in [2.05, 4.69) is 33.1 Å². The second-order valence-electron chi connectivity index (χ2n) is 7.04. The molecule has 0 aliphatic heterocycles. The first-order valence-corrected chi connectivity index (χ1v) is 11.3. The average Bonchev–Trinajstić information content (AvgIpc) is 3.16. The van der Waals surface area contributed by atoms with Gasteiger partial charge in [0.2, 0.25) is 5.91 Å². The summed E-state index contributed by atoms with van der Waals surface area (Å²) in [6.45, 7) is 0.705. The number of aromatic amines is 1. The Bertz CT molecular complexity index is 1240. The standard InChI is InChI=1S/C24H22ClN3O3S/c1-30-21-13-22(31-2)19(12-17(21)25)26-23(29)15-32-24-27-18-10-6-7-11-20(18)28(24)14-16-8-4-3-5-9-16/h3-13H,14-15H2,1-2H3,(H,26,29)/p+1. The minimum absolute atomic E-state index is 0.167. The lowest BCUT2D eigenvalue weighted by Gasteiger charge is -2.12. The lowest BCUT2D eigenvalue weighted by Crippen LogP contribution is -2.35. The number of hydrogen-bond acceptors (Lipinski definition) is 4. The molecule has 0 saturated heterocycles. The molecule has 8 heteroatoms. The molecule has 4 aromatic rings. The number of amides is 1. The minimum atomic E-state index is -0.167. The molecule has 3 aromatic carbocycles. The van der Waals surface area contributed by atoms with Gasteiger partial charge in [-0.25, -0.2) is 9.55 Å². The molecule has 0 aliphatic rings. The number of thioether (sulfide) groups is 1. The zero-order chi connectivity index (χ0) is 22.5. The Labute approximate surface area is 195 Å². The van der Waals surface area contributed by atoms with Gasteiger partial charge in [0.05, 0.1) is 30.7 Å². The second kappa shape index (κ2) is 9.97. The Morgan fingerprint density at radius 2 is 1.75 bits per heavy atom. The zero-order valence-corrected chi connectivity index (χ0v) is 19.3. The van der Waals surface area contributed by atoms with Crippen LogP contribution in [0.25, 0.3) is 11.0 Å². The van der Waals surface area contributed by atoms with Crippen molar-refractivity contribution >= 4 is 46.0 Å². The molecule has 6 nitrogen and oxygen atoms in total. The number of benzene rings is 3. The summed E-state index contributed by atoms with van der Waals surface area (Å²) in [4.78, 5) is 16.2. The van der Waals surface area contributed by atoms with Gasteiger partial charge in [-0.15, -0.1) is 0 Å². The van der Waals surface area contributed by atoms with E-state index in [-0.39, 0.29) is 11.7 Å². The molecule has 1 heterocycles. The number of aromatic nitrogens is 2. The van der Waals surface area contributed by atoms with E-state index in [9.17, 15) is 4.79 Å². The Morgan fingerprint density at radius 3 is 2.50 bits per heavy atom. The summed E-state index contributed by atoms with van der Waals surface area (Å²) in [7, 11) is 3.06. The van der Waals surface area contributed by atoms with Crippen molar-refractivity contribution in [1.82, 2.24) is 4.98 Å². The molecule has 0 unspecified atom stereocenters. The first-order chi connectivity index (χ1) is 15.6. The molecule has 0 spiro atoms. The van der Waals surface area contributed by atoms with E-state index in [1.54, 1.807) is 12.1 Å². The second-order valence-corrected chi connectivity index (χ2v) is 8.41. The Morgan fingerprint density at radius 1 is 1.03 bits per heavy atom. The minimum Gasteiger partial charge on any atom is -0.495 e. The number of imidazole rings is 1. The third kappa shape index (κ3) is 4.84. The third-order valence-corrected chi connectivity index (χ3v) is 6.25. The van der Waals surface area contributed by atoms with Crippen molar-refractivity contribution in [3.63, 3.8) is 0 Å². The maximum atomic E-state index is 12.7. The zero-order valence-electron chi connectivity index (χ0n) is 17.7. The van der Waals surface area contributed by atoms with Crippen LogP contribution in [-0.4, -0.2) is 30.9 Å². The highest BCUT2D eigenvalue weighted by Gasteiger charge is 2.21. The molecule has 0 aliphatic carbocycles. The maximum Gasteiger partial charge on any atom is 0.317 e. The summed E-state index contributed by atoms with van der Waals surface area (Å²) in [5.74, 6) is 1.01. The van der Waals surface area contributed by atoms with Gasteiger partial charge in [0.15, 0.2) is 11.0 Å². The molecule has 0 bridgehead atoms. The van der Waals surface area contributed by atoms with Gasteiger partial charge < -0.3 is 14.8 Å².